The van der Waals surface area contributed by atoms with Gasteiger partial charge in [-0.2, -0.15) is 0 Å². The number of benzene rings is 1. The van der Waals surface area contributed by atoms with Crippen LogP contribution in [0.25, 0.3) is 0 Å². The highest BCUT2D eigenvalue weighted by atomic mass is 127. The maximum absolute atomic E-state index is 5.75. The number of guanidine groups is 1. The summed E-state index contributed by atoms with van der Waals surface area (Å²) >= 11 is 0. The molecule has 2 aromatic rings. The molecule has 0 bridgehead atoms. The van der Waals surface area contributed by atoms with Crippen LogP contribution in [0.4, 0.5) is 0 Å². The number of methoxy groups -OCH3 is 1. The number of nitrogens with one attached hydrogen (secondary N) is 1. The molecule has 30 heavy (non-hydrogen) atoms. The number of furan rings is 1. The molecule has 2 aliphatic rings. The van der Waals surface area contributed by atoms with Gasteiger partial charge in [0.2, 0.25) is 0 Å². The van der Waals surface area contributed by atoms with Crippen molar-refractivity contribution in [3.8, 4) is 5.75 Å². The predicted octanol–water partition coefficient (Wildman–Crippen LogP) is 4.11. The Morgan fingerprint density at radius 2 is 1.97 bits per heavy atom. The van der Waals surface area contributed by atoms with Gasteiger partial charge < -0.3 is 19.4 Å². The Bertz CT molecular complexity index is 788. The summed E-state index contributed by atoms with van der Waals surface area (Å²) in [6.45, 7) is 5.08. The summed E-state index contributed by atoms with van der Waals surface area (Å²) in [6.07, 6.45) is 5.44. The zero-order valence-corrected chi connectivity index (χ0v) is 20.2. The second-order valence-electron chi connectivity index (χ2n) is 7.91. The third-order valence-electron chi connectivity index (χ3n) is 6.19. The van der Waals surface area contributed by atoms with Crippen molar-refractivity contribution >= 4 is 29.9 Å². The molecule has 164 valence electrons. The molecular formula is C23H33IN4O2. The molecule has 2 atom stereocenters. The van der Waals surface area contributed by atoms with Gasteiger partial charge in [-0.1, -0.05) is 12.1 Å². The van der Waals surface area contributed by atoms with Gasteiger partial charge in [-0.25, -0.2) is 0 Å². The molecule has 0 radical (unpaired) electrons. The van der Waals surface area contributed by atoms with E-state index in [9.17, 15) is 0 Å². The summed E-state index contributed by atoms with van der Waals surface area (Å²) in [4.78, 5) is 9.46. The van der Waals surface area contributed by atoms with Crippen molar-refractivity contribution in [3.05, 3.63) is 54.0 Å². The standard InChI is InChI=1S/C23H32N4O2.HI/c1-24-23(25-16-21(22-6-5-15-29-22)26-12-3-4-13-26)27-14-11-19(17-27)18-7-9-20(28-2)10-8-18;/h5-10,15,19,21H,3-4,11-14,16-17H2,1-2H3,(H,24,25);1H. The third-order valence-corrected chi connectivity index (χ3v) is 6.19. The van der Waals surface area contributed by atoms with Gasteiger partial charge in [0.25, 0.3) is 0 Å². The van der Waals surface area contributed by atoms with Crippen molar-refractivity contribution in [2.75, 3.05) is 46.9 Å². The van der Waals surface area contributed by atoms with Gasteiger partial charge in [0, 0.05) is 32.6 Å². The van der Waals surface area contributed by atoms with Gasteiger partial charge in [0.15, 0.2) is 5.96 Å². The summed E-state index contributed by atoms with van der Waals surface area (Å²) in [5.74, 6) is 3.45. The van der Waals surface area contributed by atoms with E-state index in [1.165, 1.54) is 18.4 Å². The SMILES string of the molecule is CN=C(NCC(c1ccco1)N1CCCC1)N1CCC(c2ccc(OC)cc2)C1.I. The number of likely N-dealkylation sites (tertiary alicyclic amines) is 2. The first-order valence-corrected chi connectivity index (χ1v) is 10.7. The molecule has 0 aliphatic carbocycles. The van der Waals surface area contributed by atoms with Crippen LogP contribution >= 0.6 is 24.0 Å². The number of ether oxygens (including phenoxy) is 1. The lowest BCUT2D eigenvalue weighted by molar-refractivity contribution is 0.214. The van der Waals surface area contributed by atoms with E-state index in [4.69, 9.17) is 9.15 Å². The van der Waals surface area contributed by atoms with Gasteiger partial charge in [0.1, 0.15) is 11.5 Å². The van der Waals surface area contributed by atoms with Crippen molar-refractivity contribution in [1.29, 1.82) is 0 Å². The number of halogens is 1. The molecule has 0 spiro atoms. The summed E-state index contributed by atoms with van der Waals surface area (Å²) in [5, 5.41) is 3.62. The molecule has 0 amide bonds. The number of nitrogens with zero attached hydrogens (tertiary/aromatic N) is 3. The highest BCUT2D eigenvalue weighted by Crippen LogP contribution is 2.29. The second-order valence-corrected chi connectivity index (χ2v) is 7.91. The van der Waals surface area contributed by atoms with Crippen molar-refractivity contribution in [2.45, 2.75) is 31.2 Å². The van der Waals surface area contributed by atoms with E-state index in [-0.39, 0.29) is 30.0 Å². The van der Waals surface area contributed by atoms with Crippen molar-refractivity contribution in [1.82, 2.24) is 15.1 Å². The Kier molecular flexibility index (Phi) is 8.44. The van der Waals surface area contributed by atoms with E-state index in [2.05, 4.69) is 50.4 Å². The lowest BCUT2D eigenvalue weighted by atomic mass is 9.98. The Hall–Kier alpha value is -1.74. The van der Waals surface area contributed by atoms with Crippen LogP contribution in [0.3, 0.4) is 0 Å². The average molecular weight is 524 g/mol. The molecule has 4 rings (SSSR count). The number of rotatable bonds is 6. The molecule has 1 aromatic heterocycles. The van der Waals surface area contributed by atoms with Crippen LogP contribution in [0.2, 0.25) is 0 Å². The normalized spacial score (nSPS) is 20.8. The minimum atomic E-state index is 0. The average Bonchev–Trinajstić information content (AvgIpc) is 3.54. The Morgan fingerprint density at radius 1 is 1.20 bits per heavy atom. The first-order valence-electron chi connectivity index (χ1n) is 10.7. The summed E-state index contributed by atoms with van der Waals surface area (Å²) in [5.41, 5.74) is 1.37. The lowest BCUT2D eigenvalue weighted by Crippen LogP contribution is -2.44. The minimum absolute atomic E-state index is 0. The molecule has 2 unspecified atom stereocenters. The van der Waals surface area contributed by atoms with E-state index in [1.54, 1.807) is 13.4 Å². The molecule has 1 N–H and O–H groups in total. The van der Waals surface area contributed by atoms with Crippen molar-refractivity contribution < 1.29 is 9.15 Å². The molecule has 6 nitrogen and oxygen atoms in total. The largest absolute Gasteiger partial charge is 0.497 e. The lowest BCUT2D eigenvalue weighted by Gasteiger charge is -2.28. The maximum Gasteiger partial charge on any atom is 0.193 e. The first-order chi connectivity index (χ1) is 14.3. The monoisotopic (exact) mass is 524 g/mol. The predicted molar refractivity (Wildman–Crippen MR) is 131 cm³/mol. The van der Waals surface area contributed by atoms with Crippen molar-refractivity contribution in [3.63, 3.8) is 0 Å². The highest BCUT2D eigenvalue weighted by Gasteiger charge is 2.29. The smallest absolute Gasteiger partial charge is 0.193 e. The van der Waals surface area contributed by atoms with E-state index in [0.29, 0.717) is 5.92 Å². The Morgan fingerprint density at radius 3 is 2.60 bits per heavy atom. The molecule has 2 fully saturated rings. The molecular weight excluding hydrogens is 491 g/mol. The van der Waals surface area contributed by atoms with Gasteiger partial charge in [0.05, 0.1) is 19.4 Å². The highest BCUT2D eigenvalue weighted by molar-refractivity contribution is 14.0. The molecule has 7 heteroatoms. The maximum atomic E-state index is 5.75. The minimum Gasteiger partial charge on any atom is -0.497 e. The number of hydrogen-bond acceptors (Lipinski definition) is 4. The second kappa shape index (κ2) is 11.0. The first kappa shape index (κ1) is 22.9. The van der Waals surface area contributed by atoms with Gasteiger partial charge >= 0.3 is 0 Å². The van der Waals surface area contributed by atoms with Gasteiger partial charge in [-0.15, -0.1) is 24.0 Å². The van der Waals surface area contributed by atoms with Crippen LogP contribution in [0, 0.1) is 0 Å². The number of hydrogen-bond donors (Lipinski definition) is 1. The molecule has 2 aliphatic heterocycles. The van der Waals surface area contributed by atoms with Crippen LogP contribution in [0.5, 0.6) is 5.75 Å². The quantitative estimate of drug-likeness (QED) is 0.350. The molecule has 2 saturated heterocycles. The summed E-state index contributed by atoms with van der Waals surface area (Å²) in [7, 11) is 3.58. The van der Waals surface area contributed by atoms with Crippen LogP contribution in [0.1, 0.15) is 42.5 Å². The van der Waals surface area contributed by atoms with E-state index >= 15 is 0 Å². The van der Waals surface area contributed by atoms with Gasteiger partial charge in [-0.05, 0) is 62.2 Å². The fourth-order valence-corrected chi connectivity index (χ4v) is 4.56. The summed E-state index contributed by atoms with van der Waals surface area (Å²) in [6, 6.07) is 12.8. The molecule has 1 aromatic carbocycles. The molecule has 3 heterocycles. The zero-order chi connectivity index (χ0) is 20.1. The van der Waals surface area contributed by atoms with Crippen LogP contribution in [0.15, 0.2) is 52.1 Å². The van der Waals surface area contributed by atoms with Crippen molar-refractivity contribution in [2.24, 2.45) is 4.99 Å². The molecule has 0 saturated carbocycles. The zero-order valence-electron chi connectivity index (χ0n) is 17.9. The number of aliphatic imine (C=N–C) groups is 1. The van der Waals surface area contributed by atoms with Crippen LogP contribution in [-0.4, -0.2) is 62.6 Å². The van der Waals surface area contributed by atoms with E-state index < -0.39 is 0 Å². The van der Waals surface area contributed by atoms with Crippen LogP contribution < -0.4 is 10.1 Å². The third kappa shape index (κ3) is 5.29. The Balaban J connectivity index is 0.00000256. The topological polar surface area (TPSA) is 53.2 Å². The van der Waals surface area contributed by atoms with E-state index in [1.807, 2.05) is 13.1 Å². The van der Waals surface area contributed by atoms with Gasteiger partial charge in [-0.3, -0.25) is 9.89 Å². The fourth-order valence-electron chi connectivity index (χ4n) is 4.56. The fraction of sp³-hybridized carbons (Fsp3) is 0.522. The van der Waals surface area contributed by atoms with E-state index in [0.717, 1.165) is 56.6 Å². The summed E-state index contributed by atoms with van der Waals surface area (Å²) < 4.78 is 11.0. The Labute approximate surface area is 196 Å². The van der Waals surface area contributed by atoms with Crippen LogP contribution in [-0.2, 0) is 0 Å².